The molecule has 1 nitrogen and oxygen atoms in total. The van der Waals surface area contributed by atoms with E-state index in [4.69, 9.17) is 0 Å². The monoisotopic (exact) mass is 329 g/mol. The molecule has 0 aliphatic heterocycles. The standard InChI is InChI=1S/C11H24INS/c1-5-6-7-11(14-9(2)3)8-13-10(4)12/h9-11,13H,5-8H2,1-4H3. The highest BCUT2D eigenvalue weighted by Gasteiger charge is 2.11. The van der Waals surface area contributed by atoms with Crippen molar-refractivity contribution in [3.63, 3.8) is 0 Å². The molecule has 0 aromatic heterocycles. The first-order valence-electron chi connectivity index (χ1n) is 5.59. The molecule has 0 aromatic carbocycles. The maximum atomic E-state index is 3.53. The molecule has 0 heterocycles. The molecular formula is C11H24INS. The van der Waals surface area contributed by atoms with Gasteiger partial charge in [-0.1, -0.05) is 56.2 Å². The van der Waals surface area contributed by atoms with Crippen LogP contribution < -0.4 is 5.32 Å². The summed E-state index contributed by atoms with van der Waals surface area (Å²) < 4.78 is 0.587. The lowest BCUT2D eigenvalue weighted by molar-refractivity contribution is 0.615. The van der Waals surface area contributed by atoms with Crippen LogP contribution in [0.15, 0.2) is 0 Å². The number of rotatable bonds is 8. The van der Waals surface area contributed by atoms with Crippen molar-refractivity contribution in [2.24, 2.45) is 0 Å². The Hall–Kier alpha value is 1.04. The summed E-state index contributed by atoms with van der Waals surface area (Å²) in [6, 6.07) is 0. The number of unbranched alkanes of at least 4 members (excludes halogenated alkanes) is 1. The van der Waals surface area contributed by atoms with Crippen molar-refractivity contribution >= 4 is 34.4 Å². The lowest BCUT2D eigenvalue weighted by Gasteiger charge is -2.20. The van der Waals surface area contributed by atoms with E-state index >= 15 is 0 Å². The summed E-state index contributed by atoms with van der Waals surface area (Å²) in [6.45, 7) is 10.2. The Kier molecular flexibility index (Phi) is 9.97. The quantitative estimate of drug-likeness (QED) is 0.409. The second-order valence-corrected chi connectivity index (χ2v) is 7.72. The van der Waals surface area contributed by atoms with Gasteiger partial charge in [-0.3, -0.25) is 0 Å². The van der Waals surface area contributed by atoms with Gasteiger partial charge < -0.3 is 5.32 Å². The summed E-state index contributed by atoms with van der Waals surface area (Å²) in [4.78, 5) is 0. The Morgan fingerprint density at radius 2 is 1.93 bits per heavy atom. The number of hydrogen-bond donors (Lipinski definition) is 1. The number of thioether (sulfide) groups is 1. The van der Waals surface area contributed by atoms with Crippen LogP contribution in [0.2, 0.25) is 0 Å². The molecule has 3 heteroatoms. The zero-order chi connectivity index (χ0) is 11.0. The Morgan fingerprint density at radius 1 is 1.29 bits per heavy atom. The van der Waals surface area contributed by atoms with Gasteiger partial charge in [0.2, 0.25) is 0 Å². The van der Waals surface area contributed by atoms with Crippen LogP contribution in [-0.4, -0.2) is 21.1 Å². The molecule has 2 unspecified atom stereocenters. The van der Waals surface area contributed by atoms with Gasteiger partial charge in [0.15, 0.2) is 0 Å². The van der Waals surface area contributed by atoms with Crippen LogP contribution in [0.4, 0.5) is 0 Å². The van der Waals surface area contributed by atoms with Crippen molar-refractivity contribution in [2.75, 3.05) is 6.54 Å². The van der Waals surface area contributed by atoms with Crippen LogP contribution in [0, 0.1) is 0 Å². The summed E-state index contributed by atoms with van der Waals surface area (Å²) in [5.74, 6) is 0. The van der Waals surface area contributed by atoms with E-state index in [0.29, 0.717) is 4.05 Å². The average molecular weight is 329 g/mol. The first kappa shape index (κ1) is 15.0. The van der Waals surface area contributed by atoms with Crippen molar-refractivity contribution in [1.82, 2.24) is 5.32 Å². The van der Waals surface area contributed by atoms with Gasteiger partial charge in [-0.25, -0.2) is 0 Å². The summed E-state index contributed by atoms with van der Waals surface area (Å²) in [6.07, 6.45) is 4.03. The lowest BCUT2D eigenvalue weighted by atomic mass is 10.2. The van der Waals surface area contributed by atoms with Crippen LogP contribution in [-0.2, 0) is 0 Å². The van der Waals surface area contributed by atoms with E-state index in [1.54, 1.807) is 0 Å². The zero-order valence-corrected chi connectivity index (χ0v) is 12.8. The highest BCUT2D eigenvalue weighted by atomic mass is 127. The van der Waals surface area contributed by atoms with Gasteiger partial charge >= 0.3 is 0 Å². The van der Waals surface area contributed by atoms with E-state index in [1.807, 2.05) is 0 Å². The number of halogens is 1. The minimum absolute atomic E-state index is 0.587. The minimum Gasteiger partial charge on any atom is -0.305 e. The molecule has 0 aromatic rings. The number of nitrogens with one attached hydrogen (secondary N) is 1. The highest BCUT2D eigenvalue weighted by molar-refractivity contribution is 14.1. The molecule has 1 N–H and O–H groups in total. The van der Waals surface area contributed by atoms with Crippen molar-refractivity contribution < 1.29 is 0 Å². The molecule has 0 aliphatic carbocycles. The van der Waals surface area contributed by atoms with E-state index in [2.05, 4.69) is 67.4 Å². The molecule has 0 spiro atoms. The van der Waals surface area contributed by atoms with E-state index in [9.17, 15) is 0 Å². The predicted octanol–water partition coefficient (Wildman–Crippen LogP) is 4.06. The van der Waals surface area contributed by atoms with Gasteiger partial charge in [-0.05, 0) is 18.6 Å². The average Bonchev–Trinajstić information content (AvgIpc) is 2.09. The minimum atomic E-state index is 0.587. The molecule has 2 atom stereocenters. The fourth-order valence-electron chi connectivity index (χ4n) is 1.33. The van der Waals surface area contributed by atoms with Crippen molar-refractivity contribution in [3.8, 4) is 0 Å². The van der Waals surface area contributed by atoms with Gasteiger partial charge in [-0.15, -0.1) is 0 Å². The largest absolute Gasteiger partial charge is 0.305 e. The maximum Gasteiger partial charge on any atom is 0.0565 e. The van der Waals surface area contributed by atoms with E-state index in [1.165, 1.54) is 19.3 Å². The van der Waals surface area contributed by atoms with Crippen LogP contribution in [0.3, 0.4) is 0 Å². The molecule has 0 rings (SSSR count). The first-order chi connectivity index (χ1) is 6.56. The van der Waals surface area contributed by atoms with E-state index in [0.717, 1.165) is 17.0 Å². The second kappa shape index (κ2) is 9.28. The van der Waals surface area contributed by atoms with E-state index in [-0.39, 0.29) is 0 Å². The molecular weight excluding hydrogens is 305 g/mol. The van der Waals surface area contributed by atoms with Crippen LogP contribution in [0.1, 0.15) is 47.0 Å². The van der Waals surface area contributed by atoms with E-state index < -0.39 is 0 Å². The third-order valence-electron chi connectivity index (χ3n) is 1.97. The second-order valence-electron chi connectivity index (χ2n) is 3.97. The SMILES string of the molecule is CCCCC(CNC(C)I)SC(C)C. The molecule has 0 bridgehead atoms. The Bertz CT molecular complexity index is 128. The summed E-state index contributed by atoms with van der Waals surface area (Å²) in [5.41, 5.74) is 0. The smallest absolute Gasteiger partial charge is 0.0565 e. The number of alkyl halides is 1. The molecule has 0 radical (unpaired) electrons. The summed E-state index contributed by atoms with van der Waals surface area (Å²) >= 11 is 4.54. The van der Waals surface area contributed by atoms with Gasteiger partial charge in [0.25, 0.3) is 0 Å². The lowest BCUT2D eigenvalue weighted by Crippen LogP contribution is -2.29. The van der Waals surface area contributed by atoms with Gasteiger partial charge in [0, 0.05) is 11.8 Å². The van der Waals surface area contributed by atoms with Crippen LogP contribution >= 0.6 is 34.4 Å². The fraction of sp³-hybridized carbons (Fsp3) is 1.00. The molecule has 0 saturated heterocycles. The molecule has 14 heavy (non-hydrogen) atoms. The Labute approximate surface area is 107 Å². The number of hydrogen-bond acceptors (Lipinski definition) is 2. The normalized spacial score (nSPS) is 15.9. The summed E-state index contributed by atoms with van der Waals surface area (Å²) in [7, 11) is 0. The Balaban J connectivity index is 3.72. The van der Waals surface area contributed by atoms with Gasteiger partial charge in [-0.2, -0.15) is 11.8 Å². The molecule has 0 amide bonds. The van der Waals surface area contributed by atoms with Crippen molar-refractivity contribution in [3.05, 3.63) is 0 Å². The Morgan fingerprint density at radius 3 is 2.36 bits per heavy atom. The van der Waals surface area contributed by atoms with Crippen molar-refractivity contribution in [2.45, 2.75) is 61.5 Å². The zero-order valence-electron chi connectivity index (χ0n) is 9.85. The van der Waals surface area contributed by atoms with Crippen molar-refractivity contribution in [1.29, 1.82) is 0 Å². The molecule has 0 aliphatic rings. The summed E-state index contributed by atoms with van der Waals surface area (Å²) in [5, 5.41) is 5.08. The predicted molar refractivity (Wildman–Crippen MR) is 77.5 cm³/mol. The molecule has 0 fully saturated rings. The third-order valence-corrected chi connectivity index (χ3v) is 3.74. The fourth-order valence-corrected chi connectivity index (χ4v) is 2.85. The van der Waals surface area contributed by atoms with Crippen LogP contribution in [0.25, 0.3) is 0 Å². The van der Waals surface area contributed by atoms with Gasteiger partial charge in [0.05, 0.1) is 4.05 Å². The highest BCUT2D eigenvalue weighted by Crippen LogP contribution is 2.21. The topological polar surface area (TPSA) is 12.0 Å². The molecule has 0 saturated carbocycles. The van der Waals surface area contributed by atoms with Crippen LogP contribution in [0.5, 0.6) is 0 Å². The first-order valence-corrected chi connectivity index (χ1v) is 7.78. The third kappa shape index (κ3) is 9.59. The van der Waals surface area contributed by atoms with Gasteiger partial charge in [0.1, 0.15) is 0 Å². The maximum absolute atomic E-state index is 3.53. The molecule has 86 valence electrons.